The van der Waals surface area contributed by atoms with Crippen molar-refractivity contribution in [1.82, 2.24) is 0 Å². The number of aliphatic hydroxyl groups is 1. The van der Waals surface area contributed by atoms with Gasteiger partial charge in [0, 0.05) is 0 Å². The van der Waals surface area contributed by atoms with Crippen molar-refractivity contribution < 1.29 is 14.6 Å². The van der Waals surface area contributed by atoms with Gasteiger partial charge in [0.2, 0.25) is 0 Å². The van der Waals surface area contributed by atoms with E-state index < -0.39 is 11.5 Å². The molecule has 98 valence electrons. The van der Waals surface area contributed by atoms with Crippen LogP contribution in [0.2, 0.25) is 0 Å². The lowest BCUT2D eigenvalue weighted by molar-refractivity contribution is -0.153. The Morgan fingerprint density at radius 2 is 2.06 bits per heavy atom. The van der Waals surface area contributed by atoms with E-state index in [4.69, 9.17) is 4.74 Å². The molecular weight excluding hydrogens is 228 g/mol. The van der Waals surface area contributed by atoms with Gasteiger partial charge in [-0.15, -0.1) is 0 Å². The summed E-state index contributed by atoms with van der Waals surface area (Å²) in [7, 11) is 0. The third-order valence-electron chi connectivity index (χ3n) is 2.93. The zero-order valence-corrected chi connectivity index (χ0v) is 11.1. The maximum atomic E-state index is 11.6. The molecule has 0 amide bonds. The molecule has 0 fully saturated rings. The fourth-order valence-corrected chi connectivity index (χ4v) is 1.48. The number of carbonyl (C=O) groups excluding carboxylic acids is 1. The number of benzene rings is 1. The van der Waals surface area contributed by atoms with Crippen LogP contribution >= 0.6 is 0 Å². The average Bonchev–Trinajstić information content (AvgIpc) is 2.37. The molecule has 0 saturated heterocycles. The number of carbonyl (C=O) groups is 1. The number of ether oxygens (including phenoxy) is 1. The monoisotopic (exact) mass is 248 g/mol. The molecule has 0 radical (unpaired) electrons. The Bertz CT molecular complexity index is 407. The summed E-state index contributed by atoms with van der Waals surface area (Å²) in [4.78, 5) is 11.6. The fourth-order valence-electron chi connectivity index (χ4n) is 1.48. The smallest absolute Gasteiger partial charge is 0.311 e. The topological polar surface area (TPSA) is 46.5 Å². The summed E-state index contributed by atoms with van der Waals surface area (Å²) in [6.45, 7) is 5.34. The molecule has 0 aliphatic carbocycles. The lowest BCUT2D eigenvalue weighted by Gasteiger charge is -2.25. The predicted molar refractivity (Wildman–Crippen MR) is 71.9 cm³/mol. The second-order valence-corrected chi connectivity index (χ2v) is 4.44. The Kier molecular flexibility index (Phi) is 5.10. The molecule has 0 spiro atoms. The van der Waals surface area contributed by atoms with Gasteiger partial charge in [-0.3, -0.25) is 4.79 Å². The SMILES string of the molecule is CCOC(=O)C(C)C(C)(O)/C=C/c1ccccc1. The fraction of sp³-hybridized carbons (Fsp3) is 0.400. The standard InChI is InChI=1S/C15H20O3/c1-4-18-14(16)12(2)15(3,17)11-10-13-8-6-5-7-9-13/h5-12,17H,4H2,1-3H3/b11-10+. The Hall–Kier alpha value is -1.61. The zero-order chi connectivity index (χ0) is 13.6. The third kappa shape index (κ3) is 4.00. The molecule has 0 saturated carbocycles. The molecule has 0 aliphatic rings. The van der Waals surface area contributed by atoms with Gasteiger partial charge in [0.1, 0.15) is 0 Å². The molecule has 1 aromatic rings. The first-order valence-electron chi connectivity index (χ1n) is 6.10. The summed E-state index contributed by atoms with van der Waals surface area (Å²) in [6, 6.07) is 9.63. The Labute approximate surface area is 108 Å². The van der Waals surface area contributed by atoms with Crippen LogP contribution in [0, 0.1) is 5.92 Å². The van der Waals surface area contributed by atoms with Crippen molar-refractivity contribution in [1.29, 1.82) is 0 Å². The Morgan fingerprint density at radius 1 is 1.44 bits per heavy atom. The van der Waals surface area contributed by atoms with Crippen LogP contribution in [0.4, 0.5) is 0 Å². The van der Waals surface area contributed by atoms with Gasteiger partial charge >= 0.3 is 5.97 Å². The lowest BCUT2D eigenvalue weighted by Crippen LogP contribution is -2.36. The van der Waals surface area contributed by atoms with Crippen molar-refractivity contribution in [3.8, 4) is 0 Å². The number of esters is 1. The van der Waals surface area contributed by atoms with Crippen LogP contribution in [0.5, 0.6) is 0 Å². The minimum Gasteiger partial charge on any atom is -0.466 e. The van der Waals surface area contributed by atoms with Crippen LogP contribution in [0.15, 0.2) is 36.4 Å². The summed E-state index contributed by atoms with van der Waals surface area (Å²) < 4.78 is 4.91. The van der Waals surface area contributed by atoms with E-state index in [2.05, 4.69) is 0 Å². The molecule has 0 bridgehead atoms. The third-order valence-corrected chi connectivity index (χ3v) is 2.93. The Morgan fingerprint density at radius 3 is 2.61 bits per heavy atom. The maximum absolute atomic E-state index is 11.6. The first kappa shape index (κ1) is 14.5. The van der Waals surface area contributed by atoms with Crippen LogP contribution < -0.4 is 0 Å². The first-order chi connectivity index (χ1) is 8.47. The summed E-state index contributed by atoms with van der Waals surface area (Å²) >= 11 is 0. The maximum Gasteiger partial charge on any atom is 0.311 e. The van der Waals surface area contributed by atoms with E-state index >= 15 is 0 Å². The van der Waals surface area contributed by atoms with E-state index in [-0.39, 0.29) is 5.97 Å². The Balaban J connectivity index is 2.75. The summed E-state index contributed by atoms with van der Waals surface area (Å²) in [5, 5.41) is 10.3. The molecule has 2 unspecified atom stereocenters. The van der Waals surface area contributed by atoms with Gasteiger partial charge in [0.15, 0.2) is 0 Å². The van der Waals surface area contributed by atoms with Gasteiger partial charge in [-0.1, -0.05) is 42.5 Å². The van der Waals surface area contributed by atoms with E-state index in [1.54, 1.807) is 32.9 Å². The van der Waals surface area contributed by atoms with Crippen molar-refractivity contribution in [2.45, 2.75) is 26.4 Å². The molecule has 0 heterocycles. The summed E-state index contributed by atoms with van der Waals surface area (Å²) in [5.74, 6) is -0.988. The van der Waals surface area contributed by atoms with Gasteiger partial charge in [0.25, 0.3) is 0 Å². The van der Waals surface area contributed by atoms with Gasteiger partial charge in [0.05, 0.1) is 18.1 Å². The number of rotatable bonds is 5. The van der Waals surface area contributed by atoms with E-state index in [0.29, 0.717) is 6.61 Å². The lowest BCUT2D eigenvalue weighted by atomic mass is 9.90. The first-order valence-corrected chi connectivity index (χ1v) is 6.10. The minimum absolute atomic E-state index is 0.321. The average molecular weight is 248 g/mol. The van der Waals surface area contributed by atoms with E-state index in [9.17, 15) is 9.90 Å². The molecule has 3 nitrogen and oxygen atoms in total. The number of hydrogen-bond acceptors (Lipinski definition) is 3. The molecule has 1 aromatic carbocycles. The van der Waals surface area contributed by atoms with Crippen LogP contribution in [-0.4, -0.2) is 23.3 Å². The molecule has 18 heavy (non-hydrogen) atoms. The van der Waals surface area contributed by atoms with Gasteiger partial charge < -0.3 is 9.84 Å². The highest BCUT2D eigenvalue weighted by Gasteiger charge is 2.32. The van der Waals surface area contributed by atoms with Crippen molar-refractivity contribution in [3.05, 3.63) is 42.0 Å². The number of hydrogen-bond donors (Lipinski definition) is 1. The normalized spacial score (nSPS) is 16.2. The van der Waals surface area contributed by atoms with Crippen molar-refractivity contribution in [2.24, 2.45) is 5.92 Å². The largest absolute Gasteiger partial charge is 0.466 e. The molecule has 0 aromatic heterocycles. The van der Waals surface area contributed by atoms with Crippen LogP contribution in [0.3, 0.4) is 0 Å². The highest BCUT2D eigenvalue weighted by Crippen LogP contribution is 2.21. The highest BCUT2D eigenvalue weighted by molar-refractivity contribution is 5.74. The van der Waals surface area contributed by atoms with E-state index in [1.165, 1.54) is 0 Å². The summed E-state index contributed by atoms with van der Waals surface area (Å²) in [6.07, 6.45) is 3.43. The molecular formula is C15H20O3. The van der Waals surface area contributed by atoms with E-state index in [1.807, 2.05) is 30.3 Å². The van der Waals surface area contributed by atoms with E-state index in [0.717, 1.165) is 5.56 Å². The van der Waals surface area contributed by atoms with Gasteiger partial charge in [-0.25, -0.2) is 0 Å². The molecule has 2 atom stereocenters. The molecule has 1 rings (SSSR count). The van der Waals surface area contributed by atoms with Crippen molar-refractivity contribution >= 4 is 12.0 Å². The molecule has 3 heteroatoms. The van der Waals surface area contributed by atoms with Gasteiger partial charge in [-0.2, -0.15) is 0 Å². The zero-order valence-electron chi connectivity index (χ0n) is 11.1. The molecule has 0 aliphatic heterocycles. The van der Waals surface area contributed by atoms with Crippen LogP contribution in [0.1, 0.15) is 26.3 Å². The highest BCUT2D eigenvalue weighted by atomic mass is 16.5. The minimum atomic E-state index is -1.22. The van der Waals surface area contributed by atoms with Crippen molar-refractivity contribution in [3.63, 3.8) is 0 Å². The second-order valence-electron chi connectivity index (χ2n) is 4.44. The predicted octanol–water partition coefficient (Wildman–Crippen LogP) is 2.65. The van der Waals surface area contributed by atoms with Crippen LogP contribution in [-0.2, 0) is 9.53 Å². The quantitative estimate of drug-likeness (QED) is 0.815. The van der Waals surface area contributed by atoms with Gasteiger partial charge in [-0.05, 0) is 26.3 Å². The van der Waals surface area contributed by atoms with Crippen molar-refractivity contribution in [2.75, 3.05) is 6.61 Å². The molecule has 1 N–H and O–H groups in total. The summed E-state index contributed by atoms with van der Waals surface area (Å²) in [5.41, 5.74) is -0.240. The second kappa shape index (κ2) is 6.36. The van der Waals surface area contributed by atoms with Crippen LogP contribution in [0.25, 0.3) is 6.08 Å².